The fourth-order valence-electron chi connectivity index (χ4n) is 3.11. The summed E-state index contributed by atoms with van der Waals surface area (Å²) in [6.45, 7) is 8.38. The van der Waals surface area contributed by atoms with Crippen LogP contribution in [0, 0.1) is 0 Å². The van der Waals surface area contributed by atoms with Crippen LogP contribution in [0.1, 0.15) is 19.8 Å². The highest BCUT2D eigenvalue weighted by molar-refractivity contribution is 5.67. The number of amides is 1. The number of hydrogen-bond acceptors (Lipinski definition) is 5. The van der Waals surface area contributed by atoms with Gasteiger partial charge in [-0.05, 0) is 33.9 Å². The smallest absolute Gasteiger partial charge is 0.409 e. The van der Waals surface area contributed by atoms with E-state index in [2.05, 4.69) is 29.2 Å². The highest BCUT2D eigenvalue weighted by atomic mass is 16.6. The summed E-state index contributed by atoms with van der Waals surface area (Å²) in [4.78, 5) is 18.3. The third kappa shape index (κ3) is 4.83. The van der Waals surface area contributed by atoms with Gasteiger partial charge in [0.15, 0.2) is 0 Å². The van der Waals surface area contributed by atoms with E-state index >= 15 is 0 Å². The lowest BCUT2D eigenvalue weighted by Crippen LogP contribution is -2.55. The van der Waals surface area contributed by atoms with Crippen molar-refractivity contribution in [1.82, 2.24) is 20.0 Å². The molecule has 6 heteroatoms. The average molecular weight is 298 g/mol. The predicted octanol–water partition coefficient (Wildman–Crippen LogP) is 0.443. The summed E-state index contributed by atoms with van der Waals surface area (Å²) < 4.78 is 5.05. The second-order valence-corrected chi connectivity index (χ2v) is 6.27. The van der Waals surface area contributed by atoms with Crippen LogP contribution in [-0.4, -0.2) is 92.8 Å². The lowest BCUT2D eigenvalue weighted by atomic mass is 10.0. The summed E-state index contributed by atoms with van der Waals surface area (Å²) in [5, 5.41) is 3.69. The second kappa shape index (κ2) is 7.96. The number of likely N-dealkylation sites (tertiary alicyclic amines) is 1. The van der Waals surface area contributed by atoms with Crippen molar-refractivity contribution < 1.29 is 9.53 Å². The lowest BCUT2D eigenvalue weighted by molar-refractivity contribution is 0.0898. The zero-order chi connectivity index (χ0) is 15.2. The van der Waals surface area contributed by atoms with Crippen molar-refractivity contribution in [3.05, 3.63) is 0 Å². The molecule has 1 N–H and O–H groups in total. The van der Waals surface area contributed by atoms with Gasteiger partial charge in [0, 0.05) is 51.4 Å². The van der Waals surface area contributed by atoms with Gasteiger partial charge in [-0.3, -0.25) is 4.90 Å². The molecule has 2 fully saturated rings. The number of hydrogen-bond donors (Lipinski definition) is 1. The first-order valence-electron chi connectivity index (χ1n) is 8.14. The van der Waals surface area contributed by atoms with Gasteiger partial charge in [-0.1, -0.05) is 0 Å². The van der Waals surface area contributed by atoms with Crippen LogP contribution in [0.5, 0.6) is 0 Å². The molecule has 21 heavy (non-hydrogen) atoms. The van der Waals surface area contributed by atoms with E-state index < -0.39 is 0 Å². The van der Waals surface area contributed by atoms with Gasteiger partial charge in [0.2, 0.25) is 0 Å². The number of rotatable bonds is 4. The molecule has 2 rings (SSSR count). The maximum absolute atomic E-state index is 11.7. The van der Waals surface area contributed by atoms with Crippen LogP contribution in [0.2, 0.25) is 0 Å². The minimum Gasteiger partial charge on any atom is -0.450 e. The van der Waals surface area contributed by atoms with Crippen LogP contribution in [0.4, 0.5) is 4.79 Å². The molecule has 0 aliphatic carbocycles. The van der Waals surface area contributed by atoms with Gasteiger partial charge < -0.3 is 19.9 Å². The molecule has 0 saturated carbocycles. The average Bonchev–Trinajstić information content (AvgIpc) is 2.49. The number of carbonyl (C=O) groups is 1. The molecule has 1 atom stereocenters. The molecule has 0 aromatic rings. The molecule has 1 amide bonds. The van der Waals surface area contributed by atoms with E-state index in [0.29, 0.717) is 18.7 Å². The summed E-state index contributed by atoms with van der Waals surface area (Å²) in [7, 11) is 4.40. The number of ether oxygens (including phenoxy) is 1. The summed E-state index contributed by atoms with van der Waals surface area (Å²) in [6.07, 6.45) is 1.88. The SMILES string of the molecule is CCOC(=O)N1CCC(NCC2CN(C)CCN2C)CC1. The van der Waals surface area contributed by atoms with Gasteiger partial charge >= 0.3 is 6.09 Å². The lowest BCUT2D eigenvalue weighted by Gasteiger charge is -2.39. The van der Waals surface area contributed by atoms with E-state index in [0.717, 1.165) is 52.1 Å². The fraction of sp³-hybridized carbons (Fsp3) is 0.933. The largest absolute Gasteiger partial charge is 0.450 e. The Balaban J connectivity index is 1.68. The van der Waals surface area contributed by atoms with Crippen LogP contribution < -0.4 is 5.32 Å². The minimum absolute atomic E-state index is 0.162. The second-order valence-electron chi connectivity index (χ2n) is 6.27. The van der Waals surface area contributed by atoms with Crippen molar-refractivity contribution in [2.24, 2.45) is 0 Å². The van der Waals surface area contributed by atoms with Crippen molar-refractivity contribution in [1.29, 1.82) is 0 Å². The summed E-state index contributed by atoms with van der Waals surface area (Å²) >= 11 is 0. The Morgan fingerprint density at radius 2 is 1.90 bits per heavy atom. The molecule has 2 aliphatic heterocycles. The maximum atomic E-state index is 11.7. The van der Waals surface area contributed by atoms with Crippen LogP contribution in [-0.2, 0) is 4.74 Å². The van der Waals surface area contributed by atoms with Crippen molar-refractivity contribution in [2.75, 3.05) is 60.0 Å². The zero-order valence-corrected chi connectivity index (χ0v) is 13.7. The topological polar surface area (TPSA) is 48.1 Å². The first-order valence-corrected chi connectivity index (χ1v) is 8.14. The first-order chi connectivity index (χ1) is 10.1. The van der Waals surface area contributed by atoms with Gasteiger partial charge in [0.1, 0.15) is 0 Å². The van der Waals surface area contributed by atoms with E-state index in [9.17, 15) is 4.79 Å². The fourth-order valence-corrected chi connectivity index (χ4v) is 3.11. The Bertz CT molecular complexity index is 332. The Hall–Kier alpha value is -0.850. The minimum atomic E-state index is -0.162. The molecular weight excluding hydrogens is 268 g/mol. The van der Waals surface area contributed by atoms with E-state index in [1.54, 1.807) is 0 Å². The van der Waals surface area contributed by atoms with Gasteiger partial charge in [-0.25, -0.2) is 4.79 Å². The summed E-state index contributed by atoms with van der Waals surface area (Å²) in [5.74, 6) is 0. The molecule has 0 spiro atoms. The highest BCUT2D eigenvalue weighted by Gasteiger charge is 2.26. The van der Waals surface area contributed by atoms with E-state index in [-0.39, 0.29) is 6.09 Å². The molecular formula is C15H30N4O2. The number of nitrogens with zero attached hydrogens (tertiary/aromatic N) is 3. The molecule has 0 bridgehead atoms. The Kier molecular flexibility index (Phi) is 6.26. The molecule has 6 nitrogen and oxygen atoms in total. The van der Waals surface area contributed by atoms with Crippen LogP contribution in [0.15, 0.2) is 0 Å². The number of carbonyl (C=O) groups excluding carboxylic acids is 1. The third-order valence-corrected chi connectivity index (χ3v) is 4.64. The quantitative estimate of drug-likeness (QED) is 0.816. The van der Waals surface area contributed by atoms with Gasteiger partial charge in [0.05, 0.1) is 6.61 Å². The van der Waals surface area contributed by atoms with Crippen LogP contribution in [0.25, 0.3) is 0 Å². The van der Waals surface area contributed by atoms with Gasteiger partial charge in [0.25, 0.3) is 0 Å². The van der Waals surface area contributed by atoms with Gasteiger partial charge in [-0.2, -0.15) is 0 Å². The molecule has 0 aromatic heterocycles. The Morgan fingerprint density at radius 3 is 2.57 bits per heavy atom. The molecule has 0 radical (unpaired) electrons. The van der Waals surface area contributed by atoms with Crippen LogP contribution in [0.3, 0.4) is 0 Å². The van der Waals surface area contributed by atoms with Crippen molar-refractivity contribution >= 4 is 6.09 Å². The van der Waals surface area contributed by atoms with Crippen molar-refractivity contribution in [3.8, 4) is 0 Å². The van der Waals surface area contributed by atoms with E-state index in [1.165, 1.54) is 0 Å². The molecule has 0 aromatic carbocycles. The highest BCUT2D eigenvalue weighted by Crippen LogP contribution is 2.12. The number of piperazine rings is 1. The maximum Gasteiger partial charge on any atom is 0.409 e. The molecule has 1 unspecified atom stereocenters. The van der Waals surface area contributed by atoms with Crippen molar-refractivity contribution in [2.45, 2.75) is 31.8 Å². The monoisotopic (exact) mass is 298 g/mol. The Labute approximate surface area is 128 Å². The van der Waals surface area contributed by atoms with Gasteiger partial charge in [-0.15, -0.1) is 0 Å². The zero-order valence-electron chi connectivity index (χ0n) is 13.7. The Morgan fingerprint density at radius 1 is 1.19 bits per heavy atom. The first kappa shape index (κ1) is 16.5. The normalized spacial score (nSPS) is 26.0. The third-order valence-electron chi connectivity index (χ3n) is 4.64. The van der Waals surface area contributed by atoms with Crippen molar-refractivity contribution in [3.63, 3.8) is 0 Å². The van der Waals surface area contributed by atoms with Crippen LogP contribution >= 0.6 is 0 Å². The number of piperidine rings is 1. The molecule has 2 saturated heterocycles. The number of likely N-dealkylation sites (N-methyl/N-ethyl adjacent to an activating group) is 2. The summed E-state index contributed by atoms with van der Waals surface area (Å²) in [6, 6.07) is 1.11. The number of nitrogens with one attached hydrogen (secondary N) is 1. The summed E-state index contributed by atoms with van der Waals surface area (Å²) in [5.41, 5.74) is 0. The van der Waals surface area contributed by atoms with E-state index in [4.69, 9.17) is 4.74 Å². The molecule has 122 valence electrons. The standard InChI is InChI=1S/C15H30N4O2/c1-4-21-15(20)19-7-5-13(6-8-19)16-11-14-12-17(2)9-10-18(14)3/h13-14,16H,4-12H2,1-3H3. The predicted molar refractivity (Wildman–Crippen MR) is 83.5 cm³/mol. The molecule has 2 heterocycles. The molecule has 2 aliphatic rings. The van der Waals surface area contributed by atoms with E-state index in [1.807, 2.05) is 11.8 Å².